The number of anilines is 1. The summed E-state index contributed by atoms with van der Waals surface area (Å²) >= 11 is 6.09. The fourth-order valence-corrected chi connectivity index (χ4v) is 4.50. The standard InChI is InChI=1S/C26H22ClN3O4/c1-17-9-10-23-22(13-17)28(11-12-34-23)24(31)16-29-21-8-3-2-7-20(21)25(32)30(26(29)33)15-18-5-4-6-19(27)14-18/h2-10,13-14H,11-12,15-16H2,1H3. The molecule has 1 amide bonds. The molecule has 172 valence electrons. The lowest BCUT2D eigenvalue weighted by atomic mass is 10.1. The second kappa shape index (κ2) is 8.83. The van der Waals surface area contributed by atoms with Crippen LogP contribution in [0.5, 0.6) is 5.75 Å². The van der Waals surface area contributed by atoms with Gasteiger partial charge in [0.05, 0.1) is 29.7 Å². The van der Waals surface area contributed by atoms with Crippen LogP contribution in [0, 0.1) is 6.92 Å². The molecule has 0 N–H and O–H groups in total. The molecule has 4 aromatic rings. The molecular weight excluding hydrogens is 454 g/mol. The number of halogens is 1. The van der Waals surface area contributed by atoms with Crippen molar-refractivity contribution in [3.05, 3.63) is 104 Å². The van der Waals surface area contributed by atoms with Crippen LogP contribution in [0.25, 0.3) is 10.9 Å². The predicted molar refractivity (Wildman–Crippen MR) is 132 cm³/mol. The zero-order chi connectivity index (χ0) is 23.8. The summed E-state index contributed by atoms with van der Waals surface area (Å²) in [5, 5.41) is 0.887. The van der Waals surface area contributed by atoms with Crippen molar-refractivity contribution in [2.75, 3.05) is 18.1 Å². The first-order valence-corrected chi connectivity index (χ1v) is 11.3. The monoisotopic (exact) mass is 475 g/mol. The van der Waals surface area contributed by atoms with Gasteiger partial charge in [0, 0.05) is 5.02 Å². The number of hydrogen-bond donors (Lipinski definition) is 0. The van der Waals surface area contributed by atoms with E-state index in [0.29, 0.717) is 40.5 Å². The summed E-state index contributed by atoms with van der Waals surface area (Å²) in [5.41, 5.74) is 1.87. The van der Waals surface area contributed by atoms with E-state index in [2.05, 4.69) is 0 Å². The Kier molecular flexibility index (Phi) is 5.71. The van der Waals surface area contributed by atoms with Crippen LogP contribution in [0.2, 0.25) is 5.02 Å². The van der Waals surface area contributed by atoms with Crippen LogP contribution in [-0.2, 0) is 17.9 Å². The molecule has 0 saturated carbocycles. The van der Waals surface area contributed by atoms with E-state index in [4.69, 9.17) is 16.3 Å². The fraction of sp³-hybridized carbons (Fsp3) is 0.192. The SMILES string of the molecule is Cc1ccc2c(c1)N(C(=O)Cn1c(=O)n(Cc3cccc(Cl)c3)c(=O)c3ccccc31)CCO2. The van der Waals surface area contributed by atoms with Crippen LogP contribution >= 0.6 is 11.6 Å². The van der Waals surface area contributed by atoms with E-state index in [1.807, 2.05) is 25.1 Å². The number of hydrogen-bond acceptors (Lipinski definition) is 4. The van der Waals surface area contributed by atoms with E-state index in [1.165, 1.54) is 4.57 Å². The summed E-state index contributed by atoms with van der Waals surface area (Å²) < 4.78 is 8.22. The molecule has 8 heteroatoms. The number of aryl methyl sites for hydroxylation is 1. The van der Waals surface area contributed by atoms with Gasteiger partial charge in [-0.3, -0.25) is 18.7 Å². The summed E-state index contributed by atoms with van der Waals surface area (Å²) in [7, 11) is 0. The summed E-state index contributed by atoms with van der Waals surface area (Å²) in [6.45, 7) is 2.54. The lowest BCUT2D eigenvalue weighted by molar-refractivity contribution is -0.119. The Morgan fingerprint density at radius 3 is 2.65 bits per heavy atom. The third-order valence-corrected chi connectivity index (χ3v) is 6.17. The molecule has 0 atom stereocenters. The van der Waals surface area contributed by atoms with Gasteiger partial charge in [0.2, 0.25) is 5.91 Å². The maximum absolute atomic E-state index is 13.5. The largest absolute Gasteiger partial charge is 0.490 e. The molecule has 1 aromatic heterocycles. The van der Waals surface area contributed by atoms with E-state index in [9.17, 15) is 14.4 Å². The Morgan fingerprint density at radius 2 is 1.82 bits per heavy atom. The number of carbonyl (C=O) groups excluding carboxylic acids is 1. The van der Waals surface area contributed by atoms with Crippen molar-refractivity contribution >= 4 is 34.1 Å². The molecule has 0 radical (unpaired) electrons. The first kappa shape index (κ1) is 22.0. The van der Waals surface area contributed by atoms with Gasteiger partial charge in [-0.25, -0.2) is 4.79 Å². The number of benzene rings is 3. The molecular formula is C26H22ClN3O4. The number of ether oxygens (including phenoxy) is 1. The molecule has 1 aliphatic heterocycles. The molecule has 0 fully saturated rings. The number of amides is 1. The Bertz CT molecular complexity index is 1540. The summed E-state index contributed by atoms with van der Waals surface area (Å²) in [4.78, 5) is 41.8. The van der Waals surface area contributed by atoms with Gasteiger partial charge in [0.15, 0.2) is 0 Å². The minimum atomic E-state index is -0.547. The van der Waals surface area contributed by atoms with Crippen LogP contribution in [0.3, 0.4) is 0 Å². The highest BCUT2D eigenvalue weighted by atomic mass is 35.5. The average Bonchev–Trinajstić information content (AvgIpc) is 2.84. The highest BCUT2D eigenvalue weighted by Gasteiger charge is 2.25. The first-order valence-electron chi connectivity index (χ1n) is 10.9. The van der Waals surface area contributed by atoms with Gasteiger partial charge < -0.3 is 9.64 Å². The molecule has 34 heavy (non-hydrogen) atoms. The second-order valence-electron chi connectivity index (χ2n) is 8.27. The maximum atomic E-state index is 13.5. The van der Waals surface area contributed by atoms with Crippen LogP contribution in [0.15, 0.2) is 76.3 Å². The summed E-state index contributed by atoms with van der Waals surface area (Å²) in [6, 6.07) is 19.5. The van der Waals surface area contributed by atoms with Crippen molar-refractivity contribution in [2.24, 2.45) is 0 Å². The quantitative estimate of drug-likeness (QED) is 0.452. The zero-order valence-electron chi connectivity index (χ0n) is 18.5. The van der Waals surface area contributed by atoms with Crippen LogP contribution in [0.4, 0.5) is 5.69 Å². The van der Waals surface area contributed by atoms with E-state index in [0.717, 1.165) is 15.7 Å². The lowest BCUT2D eigenvalue weighted by Gasteiger charge is -2.30. The van der Waals surface area contributed by atoms with Crippen molar-refractivity contribution in [3.8, 4) is 5.75 Å². The van der Waals surface area contributed by atoms with Crippen LogP contribution < -0.4 is 20.9 Å². The molecule has 0 bridgehead atoms. The van der Waals surface area contributed by atoms with Gasteiger partial charge in [0.1, 0.15) is 18.9 Å². The molecule has 5 rings (SSSR count). The van der Waals surface area contributed by atoms with Gasteiger partial charge in [-0.2, -0.15) is 0 Å². The Labute approximate surface area is 200 Å². The summed E-state index contributed by atoms with van der Waals surface area (Å²) in [5.74, 6) is 0.378. The van der Waals surface area contributed by atoms with Gasteiger partial charge in [-0.1, -0.05) is 41.9 Å². The second-order valence-corrected chi connectivity index (χ2v) is 8.71. The average molecular weight is 476 g/mol. The van der Waals surface area contributed by atoms with E-state index in [1.54, 1.807) is 53.4 Å². The van der Waals surface area contributed by atoms with Gasteiger partial charge in [-0.05, 0) is 54.4 Å². The molecule has 1 aliphatic rings. The summed E-state index contributed by atoms with van der Waals surface area (Å²) in [6.07, 6.45) is 0. The number of carbonyl (C=O) groups is 1. The Hall–Kier alpha value is -3.84. The highest BCUT2D eigenvalue weighted by molar-refractivity contribution is 6.30. The van der Waals surface area contributed by atoms with Crippen molar-refractivity contribution in [2.45, 2.75) is 20.0 Å². The topological polar surface area (TPSA) is 73.5 Å². The molecule has 2 heterocycles. The number of aromatic nitrogens is 2. The third kappa shape index (κ3) is 3.99. The lowest BCUT2D eigenvalue weighted by Crippen LogP contribution is -2.45. The number of para-hydroxylation sites is 1. The van der Waals surface area contributed by atoms with E-state index < -0.39 is 11.2 Å². The maximum Gasteiger partial charge on any atom is 0.332 e. The van der Waals surface area contributed by atoms with Crippen LogP contribution in [-0.4, -0.2) is 28.2 Å². The minimum absolute atomic E-state index is 0.0524. The fourth-order valence-electron chi connectivity index (χ4n) is 4.29. The number of rotatable bonds is 4. The first-order chi connectivity index (χ1) is 16.4. The Morgan fingerprint density at radius 1 is 1.00 bits per heavy atom. The predicted octanol–water partition coefficient (Wildman–Crippen LogP) is 3.60. The molecule has 0 saturated heterocycles. The van der Waals surface area contributed by atoms with Crippen molar-refractivity contribution in [3.63, 3.8) is 0 Å². The van der Waals surface area contributed by atoms with Gasteiger partial charge >= 0.3 is 5.69 Å². The molecule has 0 aliphatic carbocycles. The molecule has 7 nitrogen and oxygen atoms in total. The molecule has 0 spiro atoms. The highest BCUT2D eigenvalue weighted by Crippen LogP contribution is 2.32. The number of fused-ring (bicyclic) bond motifs is 2. The smallest absolute Gasteiger partial charge is 0.332 e. The number of nitrogens with zero attached hydrogens (tertiary/aromatic N) is 3. The van der Waals surface area contributed by atoms with Gasteiger partial charge in [0.25, 0.3) is 5.56 Å². The van der Waals surface area contributed by atoms with Crippen molar-refractivity contribution in [1.29, 1.82) is 0 Å². The zero-order valence-corrected chi connectivity index (χ0v) is 19.3. The van der Waals surface area contributed by atoms with Crippen molar-refractivity contribution in [1.82, 2.24) is 9.13 Å². The van der Waals surface area contributed by atoms with E-state index in [-0.39, 0.29) is 19.0 Å². The van der Waals surface area contributed by atoms with Crippen molar-refractivity contribution < 1.29 is 9.53 Å². The normalized spacial score (nSPS) is 12.9. The van der Waals surface area contributed by atoms with E-state index >= 15 is 0 Å². The van der Waals surface area contributed by atoms with Gasteiger partial charge in [-0.15, -0.1) is 0 Å². The third-order valence-electron chi connectivity index (χ3n) is 5.93. The molecule has 3 aromatic carbocycles. The molecule has 0 unspecified atom stereocenters. The minimum Gasteiger partial charge on any atom is -0.490 e. The van der Waals surface area contributed by atoms with Crippen LogP contribution in [0.1, 0.15) is 11.1 Å². The Balaban J connectivity index is 1.59.